The lowest BCUT2D eigenvalue weighted by Crippen LogP contribution is -2.70. The molecule has 11 heteroatoms. The van der Waals surface area contributed by atoms with Crippen LogP contribution in [-0.2, 0) is 11.7 Å². The summed E-state index contributed by atoms with van der Waals surface area (Å²) in [5.41, 5.74) is -1.19. The molecular formula is C22H22F3N5O3. The van der Waals surface area contributed by atoms with Crippen LogP contribution in [-0.4, -0.2) is 32.2 Å². The Labute approximate surface area is 187 Å². The first-order valence-electron chi connectivity index (χ1n) is 10.6. The molecule has 174 valence electrons. The Morgan fingerprint density at radius 2 is 2.03 bits per heavy atom. The molecule has 2 amide bonds. The monoisotopic (exact) mass is 461 g/mol. The van der Waals surface area contributed by atoms with E-state index in [2.05, 4.69) is 27.4 Å². The largest absolute Gasteiger partial charge is 0.444 e. The van der Waals surface area contributed by atoms with Crippen LogP contribution in [0.2, 0.25) is 0 Å². The number of aromatic nitrogens is 3. The maximum Gasteiger partial charge on any atom is 0.417 e. The van der Waals surface area contributed by atoms with Crippen LogP contribution in [0.5, 0.6) is 0 Å². The van der Waals surface area contributed by atoms with E-state index in [0.29, 0.717) is 36.2 Å². The van der Waals surface area contributed by atoms with Crippen molar-refractivity contribution in [3.8, 4) is 11.5 Å². The molecule has 2 saturated heterocycles. The quantitative estimate of drug-likeness (QED) is 0.569. The highest BCUT2D eigenvalue weighted by Gasteiger charge is 2.62. The van der Waals surface area contributed by atoms with Gasteiger partial charge in [0.2, 0.25) is 17.7 Å². The second-order valence-electron chi connectivity index (χ2n) is 8.91. The summed E-state index contributed by atoms with van der Waals surface area (Å²) >= 11 is 0. The SMILES string of the molecule is Cc1coc(-c2cc(NC(=O)N3C4CC(C)CC3(c3nnc(C)o3)C4)ccc2C(F)(F)F)n1. The zero-order chi connectivity index (χ0) is 23.5. The van der Waals surface area contributed by atoms with Crippen LogP contribution in [0.15, 0.2) is 33.3 Å². The molecule has 4 heterocycles. The van der Waals surface area contributed by atoms with Gasteiger partial charge in [-0.2, -0.15) is 13.2 Å². The number of halogens is 3. The number of nitrogens with zero attached hydrogens (tertiary/aromatic N) is 4. The number of aryl methyl sites for hydroxylation is 2. The van der Waals surface area contributed by atoms with Gasteiger partial charge in [0.1, 0.15) is 11.8 Å². The van der Waals surface area contributed by atoms with Gasteiger partial charge in [-0.3, -0.25) is 0 Å². The van der Waals surface area contributed by atoms with Crippen molar-refractivity contribution in [2.24, 2.45) is 5.92 Å². The lowest BCUT2D eigenvalue weighted by atomic mass is 9.64. The number of hydrogen-bond acceptors (Lipinski definition) is 6. The first-order chi connectivity index (χ1) is 15.6. The standard InChI is InChI=1S/C22H22F3N5O3/c1-11-6-15-9-21(8-11,19-29-28-13(3)33-19)30(15)20(31)27-14-4-5-17(22(23,24)25)16(7-14)18-26-12(2)10-32-18/h4-5,7,10-11,15H,6,8-9H2,1-3H3,(H,27,31). The van der Waals surface area contributed by atoms with Gasteiger partial charge in [-0.05, 0) is 43.9 Å². The lowest BCUT2D eigenvalue weighted by molar-refractivity contribution is -0.137. The van der Waals surface area contributed by atoms with Crippen LogP contribution >= 0.6 is 0 Å². The van der Waals surface area contributed by atoms with E-state index in [0.717, 1.165) is 12.5 Å². The van der Waals surface area contributed by atoms with Crippen LogP contribution in [0, 0.1) is 19.8 Å². The summed E-state index contributed by atoms with van der Waals surface area (Å²) < 4.78 is 51.6. The van der Waals surface area contributed by atoms with E-state index in [1.54, 1.807) is 18.7 Å². The van der Waals surface area contributed by atoms with Crippen LogP contribution in [0.1, 0.15) is 49.2 Å². The van der Waals surface area contributed by atoms with Crippen molar-refractivity contribution in [1.82, 2.24) is 20.1 Å². The van der Waals surface area contributed by atoms with E-state index in [4.69, 9.17) is 8.83 Å². The average Bonchev–Trinajstić information content (AvgIpc) is 3.35. The maximum absolute atomic E-state index is 13.6. The van der Waals surface area contributed by atoms with Crippen molar-refractivity contribution in [2.75, 3.05) is 5.32 Å². The minimum absolute atomic E-state index is 0.00994. The highest BCUT2D eigenvalue weighted by molar-refractivity contribution is 5.92. The van der Waals surface area contributed by atoms with Gasteiger partial charge in [0.25, 0.3) is 0 Å². The summed E-state index contributed by atoms with van der Waals surface area (Å²) in [5, 5.41) is 10.8. The van der Waals surface area contributed by atoms with Gasteiger partial charge in [0.15, 0.2) is 0 Å². The Balaban J connectivity index is 1.46. The number of oxazole rings is 1. The molecule has 1 aromatic carbocycles. The highest BCUT2D eigenvalue weighted by Crippen LogP contribution is 2.55. The fraction of sp³-hybridized carbons (Fsp3) is 0.455. The van der Waals surface area contributed by atoms with E-state index >= 15 is 0 Å². The van der Waals surface area contributed by atoms with Gasteiger partial charge in [-0.15, -0.1) is 10.2 Å². The van der Waals surface area contributed by atoms with Crippen molar-refractivity contribution >= 4 is 11.7 Å². The summed E-state index contributed by atoms with van der Waals surface area (Å²) in [7, 11) is 0. The minimum atomic E-state index is -4.61. The molecule has 2 aliphatic rings. The second-order valence-corrected chi connectivity index (χ2v) is 8.91. The lowest BCUT2D eigenvalue weighted by Gasteiger charge is -2.61. The molecule has 0 spiro atoms. The summed E-state index contributed by atoms with van der Waals surface area (Å²) in [6.45, 7) is 5.42. The predicted octanol–water partition coefficient (Wildman–Crippen LogP) is 5.29. The molecule has 3 aromatic rings. The number of fused-ring (bicyclic) bond motifs is 2. The molecular weight excluding hydrogens is 439 g/mol. The fourth-order valence-electron chi connectivity index (χ4n) is 5.14. The Morgan fingerprint density at radius 3 is 2.67 bits per heavy atom. The van der Waals surface area contributed by atoms with Gasteiger partial charge >= 0.3 is 12.2 Å². The molecule has 33 heavy (non-hydrogen) atoms. The number of rotatable bonds is 3. The average molecular weight is 461 g/mol. The molecule has 5 rings (SSSR count). The first kappa shape index (κ1) is 21.5. The Morgan fingerprint density at radius 1 is 1.24 bits per heavy atom. The van der Waals surface area contributed by atoms with Crippen molar-refractivity contribution in [3.05, 3.63) is 47.5 Å². The Kier molecular flexibility index (Phi) is 4.77. The van der Waals surface area contributed by atoms with E-state index in [9.17, 15) is 18.0 Å². The fourth-order valence-corrected chi connectivity index (χ4v) is 5.14. The van der Waals surface area contributed by atoms with Crippen LogP contribution in [0.25, 0.3) is 11.5 Å². The molecule has 3 atom stereocenters. The smallest absolute Gasteiger partial charge is 0.417 e. The number of carbonyl (C=O) groups excluding carboxylic acids is 1. The Bertz CT molecular complexity index is 1220. The molecule has 2 aromatic heterocycles. The molecule has 2 fully saturated rings. The molecule has 3 unspecified atom stereocenters. The molecule has 1 N–H and O–H groups in total. The summed E-state index contributed by atoms with van der Waals surface area (Å²) in [6, 6.07) is 2.93. The van der Waals surface area contributed by atoms with Crippen LogP contribution < -0.4 is 5.32 Å². The van der Waals surface area contributed by atoms with Gasteiger partial charge in [-0.25, -0.2) is 9.78 Å². The van der Waals surface area contributed by atoms with E-state index < -0.39 is 23.3 Å². The predicted molar refractivity (Wildman–Crippen MR) is 110 cm³/mol. The number of carbonyl (C=O) groups is 1. The third-order valence-electron chi connectivity index (χ3n) is 6.33. The topological polar surface area (TPSA) is 97.3 Å². The molecule has 2 aliphatic heterocycles. The number of alkyl halides is 3. The van der Waals surface area contributed by atoms with Crippen molar-refractivity contribution < 1.29 is 26.8 Å². The second kappa shape index (κ2) is 7.32. The van der Waals surface area contributed by atoms with E-state index in [-0.39, 0.29) is 23.2 Å². The van der Waals surface area contributed by atoms with Crippen molar-refractivity contribution in [1.29, 1.82) is 0 Å². The Hall–Kier alpha value is -3.37. The third kappa shape index (κ3) is 3.55. The van der Waals surface area contributed by atoms with Crippen LogP contribution in [0.3, 0.4) is 0 Å². The van der Waals surface area contributed by atoms with Gasteiger partial charge < -0.3 is 19.1 Å². The number of piperidine rings is 1. The van der Waals surface area contributed by atoms with Crippen LogP contribution in [0.4, 0.5) is 23.7 Å². The summed E-state index contributed by atoms with van der Waals surface area (Å²) in [6.07, 6.45) is -1.12. The molecule has 0 saturated carbocycles. The number of urea groups is 1. The summed E-state index contributed by atoms with van der Waals surface area (Å²) in [4.78, 5) is 19.0. The minimum Gasteiger partial charge on any atom is -0.444 e. The van der Waals surface area contributed by atoms with Gasteiger partial charge in [0.05, 0.1) is 16.8 Å². The zero-order valence-corrected chi connectivity index (χ0v) is 18.2. The van der Waals surface area contributed by atoms with E-state index in [1.807, 2.05) is 0 Å². The van der Waals surface area contributed by atoms with Crippen molar-refractivity contribution in [2.45, 2.75) is 57.8 Å². The summed E-state index contributed by atoms with van der Waals surface area (Å²) in [5.74, 6) is 1.01. The highest BCUT2D eigenvalue weighted by atomic mass is 19.4. The van der Waals surface area contributed by atoms with Gasteiger partial charge in [-0.1, -0.05) is 6.92 Å². The molecule has 0 aliphatic carbocycles. The molecule has 2 bridgehead atoms. The number of amides is 2. The zero-order valence-electron chi connectivity index (χ0n) is 18.2. The number of anilines is 1. The number of hydrogen-bond donors (Lipinski definition) is 1. The third-order valence-corrected chi connectivity index (χ3v) is 6.33. The number of nitrogens with one attached hydrogen (secondary N) is 1. The maximum atomic E-state index is 13.6. The van der Waals surface area contributed by atoms with E-state index in [1.165, 1.54) is 18.4 Å². The number of benzene rings is 1. The first-order valence-corrected chi connectivity index (χ1v) is 10.6. The van der Waals surface area contributed by atoms with Gasteiger partial charge in [0, 0.05) is 25.1 Å². The normalized spacial score (nSPS) is 24.5. The molecule has 8 nitrogen and oxygen atoms in total. The van der Waals surface area contributed by atoms with Crippen molar-refractivity contribution in [3.63, 3.8) is 0 Å². The molecule has 0 radical (unpaired) electrons.